The smallest absolute Gasteiger partial charge is 0.162 e. The molecule has 0 aliphatic carbocycles. The number of hydrogen-bond donors (Lipinski definition) is 2. The molecule has 1 aromatic carbocycles. The molecule has 0 aliphatic rings. The topological polar surface area (TPSA) is 50.7 Å². The maximum Gasteiger partial charge on any atom is 0.162 e. The first-order valence-corrected chi connectivity index (χ1v) is 5.93. The minimum absolute atomic E-state index is 0.176. The van der Waals surface area contributed by atoms with Gasteiger partial charge in [0.15, 0.2) is 11.5 Å². The third-order valence-corrected chi connectivity index (χ3v) is 2.16. The number of hydroxylamine groups is 1. The molecule has 0 radical (unpaired) electrons. The van der Waals surface area contributed by atoms with E-state index in [0.29, 0.717) is 31.4 Å². The van der Waals surface area contributed by atoms with Crippen molar-refractivity contribution in [3.05, 3.63) is 23.8 Å². The predicted molar refractivity (Wildman–Crippen MR) is 66.9 cm³/mol. The average molecular weight is 239 g/mol. The van der Waals surface area contributed by atoms with E-state index in [2.05, 4.69) is 19.3 Å². The number of aromatic hydroxyl groups is 1. The quantitative estimate of drug-likeness (QED) is 0.567. The van der Waals surface area contributed by atoms with Crippen LogP contribution in [0.5, 0.6) is 11.5 Å². The molecule has 17 heavy (non-hydrogen) atoms. The second-order valence-corrected chi connectivity index (χ2v) is 4.22. The van der Waals surface area contributed by atoms with Crippen LogP contribution in [0.3, 0.4) is 0 Å². The van der Waals surface area contributed by atoms with Crippen molar-refractivity contribution in [3.8, 4) is 11.5 Å². The van der Waals surface area contributed by atoms with Gasteiger partial charge in [0.1, 0.15) is 0 Å². The molecule has 1 aromatic rings. The van der Waals surface area contributed by atoms with Crippen LogP contribution in [0.4, 0.5) is 0 Å². The predicted octanol–water partition coefficient (Wildman–Crippen LogP) is 2.47. The van der Waals surface area contributed by atoms with Crippen LogP contribution in [-0.2, 0) is 11.4 Å². The van der Waals surface area contributed by atoms with Gasteiger partial charge >= 0.3 is 0 Å². The minimum atomic E-state index is 0.176. The van der Waals surface area contributed by atoms with Crippen molar-refractivity contribution in [2.24, 2.45) is 5.92 Å². The number of hydrogen-bond acceptors (Lipinski definition) is 4. The number of phenolic OH excluding ortho intramolecular Hbond substituents is 1. The fraction of sp³-hybridized carbons (Fsp3) is 0.538. The van der Waals surface area contributed by atoms with E-state index in [9.17, 15) is 5.11 Å². The number of ether oxygens (including phenoxy) is 1. The Hall–Kier alpha value is -1.26. The van der Waals surface area contributed by atoms with Crippen molar-refractivity contribution < 1.29 is 14.7 Å². The van der Waals surface area contributed by atoms with Gasteiger partial charge < -0.3 is 14.7 Å². The van der Waals surface area contributed by atoms with Crippen molar-refractivity contribution in [1.82, 2.24) is 5.48 Å². The van der Waals surface area contributed by atoms with E-state index in [1.165, 1.54) is 0 Å². The van der Waals surface area contributed by atoms with Crippen molar-refractivity contribution in [2.45, 2.75) is 27.3 Å². The minimum Gasteiger partial charge on any atom is -0.504 e. The molecule has 0 saturated heterocycles. The van der Waals surface area contributed by atoms with Gasteiger partial charge in [-0.2, -0.15) is 5.48 Å². The summed E-state index contributed by atoms with van der Waals surface area (Å²) in [5.74, 6) is 1.16. The molecule has 0 aromatic heterocycles. The lowest BCUT2D eigenvalue weighted by molar-refractivity contribution is 0.0193. The normalized spacial score (nSPS) is 10.8. The highest BCUT2D eigenvalue weighted by Crippen LogP contribution is 2.29. The maximum absolute atomic E-state index is 9.91. The fourth-order valence-electron chi connectivity index (χ4n) is 1.34. The number of nitrogens with one attached hydrogen (secondary N) is 1. The van der Waals surface area contributed by atoms with Gasteiger partial charge in [-0.1, -0.05) is 26.0 Å². The Kier molecular flexibility index (Phi) is 5.80. The number of para-hydroxylation sites is 1. The van der Waals surface area contributed by atoms with Gasteiger partial charge in [-0.3, -0.25) is 0 Å². The first-order chi connectivity index (χ1) is 8.15. The molecule has 0 spiro atoms. The Bertz CT molecular complexity index is 339. The molecule has 0 aliphatic heterocycles. The summed E-state index contributed by atoms with van der Waals surface area (Å²) in [6.45, 7) is 7.68. The third-order valence-electron chi connectivity index (χ3n) is 2.16. The molecule has 0 fully saturated rings. The van der Waals surface area contributed by atoms with Crippen LogP contribution in [0.15, 0.2) is 18.2 Å². The molecule has 0 bridgehead atoms. The van der Waals surface area contributed by atoms with E-state index < -0.39 is 0 Å². The highest BCUT2D eigenvalue weighted by molar-refractivity contribution is 5.45. The van der Waals surface area contributed by atoms with Gasteiger partial charge in [0, 0.05) is 12.1 Å². The Labute approximate surface area is 103 Å². The summed E-state index contributed by atoms with van der Waals surface area (Å²) in [6.07, 6.45) is 0. The fourth-order valence-corrected chi connectivity index (χ4v) is 1.34. The van der Waals surface area contributed by atoms with Crippen LogP contribution in [0, 0.1) is 5.92 Å². The standard InChI is InChI=1S/C13H21NO3/c1-4-16-12-7-5-6-11(13(12)15)8-14-17-9-10(2)3/h5-7,10,14-15H,4,8-9H2,1-3H3. The van der Waals surface area contributed by atoms with E-state index in [1.54, 1.807) is 6.07 Å². The van der Waals surface area contributed by atoms with Crippen LogP contribution in [0.2, 0.25) is 0 Å². The van der Waals surface area contributed by atoms with Crippen LogP contribution in [0.25, 0.3) is 0 Å². The Morgan fingerprint density at radius 2 is 2.12 bits per heavy atom. The highest BCUT2D eigenvalue weighted by Gasteiger charge is 2.07. The second-order valence-electron chi connectivity index (χ2n) is 4.22. The first-order valence-electron chi connectivity index (χ1n) is 5.93. The molecule has 0 amide bonds. The van der Waals surface area contributed by atoms with Gasteiger partial charge in [-0.25, -0.2) is 0 Å². The first kappa shape index (κ1) is 13.8. The van der Waals surface area contributed by atoms with E-state index in [0.717, 1.165) is 5.56 Å². The molecule has 4 nitrogen and oxygen atoms in total. The monoisotopic (exact) mass is 239 g/mol. The zero-order valence-electron chi connectivity index (χ0n) is 10.7. The van der Waals surface area contributed by atoms with Crippen LogP contribution in [-0.4, -0.2) is 18.3 Å². The van der Waals surface area contributed by atoms with Gasteiger partial charge in [-0.05, 0) is 18.9 Å². The van der Waals surface area contributed by atoms with Crippen molar-refractivity contribution in [2.75, 3.05) is 13.2 Å². The molecule has 2 N–H and O–H groups in total. The summed E-state index contributed by atoms with van der Waals surface area (Å²) in [7, 11) is 0. The number of rotatable bonds is 7. The average Bonchev–Trinajstić information content (AvgIpc) is 2.29. The lowest BCUT2D eigenvalue weighted by Crippen LogP contribution is -2.17. The molecule has 0 heterocycles. The molecule has 96 valence electrons. The van der Waals surface area contributed by atoms with Gasteiger partial charge in [0.25, 0.3) is 0 Å². The molecular formula is C13H21NO3. The lowest BCUT2D eigenvalue weighted by atomic mass is 10.2. The summed E-state index contributed by atoms with van der Waals surface area (Å²) in [5, 5.41) is 9.91. The van der Waals surface area contributed by atoms with Crippen molar-refractivity contribution in [1.29, 1.82) is 0 Å². The molecular weight excluding hydrogens is 218 g/mol. The van der Waals surface area contributed by atoms with Gasteiger partial charge in [-0.15, -0.1) is 0 Å². The number of phenols is 1. The highest BCUT2D eigenvalue weighted by atomic mass is 16.6. The molecule has 4 heteroatoms. The van der Waals surface area contributed by atoms with E-state index in [-0.39, 0.29) is 5.75 Å². The van der Waals surface area contributed by atoms with Crippen LogP contribution in [0.1, 0.15) is 26.3 Å². The van der Waals surface area contributed by atoms with E-state index >= 15 is 0 Å². The zero-order valence-corrected chi connectivity index (χ0v) is 10.7. The summed E-state index contributed by atoms with van der Waals surface area (Å²) in [5.41, 5.74) is 3.59. The largest absolute Gasteiger partial charge is 0.504 e. The molecule has 0 unspecified atom stereocenters. The molecule has 1 rings (SSSR count). The third kappa shape index (κ3) is 4.63. The summed E-state index contributed by atoms with van der Waals surface area (Å²) in [6, 6.07) is 5.44. The van der Waals surface area contributed by atoms with Crippen molar-refractivity contribution in [3.63, 3.8) is 0 Å². The summed E-state index contributed by atoms with van der Waals surface area (Å²) < 4.78 is 5.30. The second kappa shape index (κ2) is 7.14. The zero-order chi connectivity index (χ0) is 12.7. The molecule has 0 atom stereocenters. The Morgan fingerprint density at radius 1 is 1.35 bits per heavy atom. The lowest BCUT2D eigenvalue weighted by Gasteiger charge is -2.11. The van der Waals surface area contributed by atoms with Gasteiger partial charge in [0.05, 0.1) is 13.2 Å². The Balaban J connectivity index is 2.50. The van der Waals surface area contributed by atoms with Gasteiger partial charge in [0.2, 0.25) is 0 Å². The van der Waals surface area contributed by atoms with Crippen LogP contribution >= 0.6 is 0 Å². The maximum atomic E-state index is 9.91. The van der Waals surface area contributed by atoms with E-state index in [4.69, 9.17) is 9.57 Å². The van der Waals surface area contributed by atoms with Crippen LogP contribution < -0.4 is 10.2 Å². The van der Waals surface area contributed by atoms with Crippen molar-refractivity contribution >= 4 is 0 Å². The van der Waals surface area contributed by atoms with E-state index in [1.807, 2.05) is 19.1 Å². The summed E-state index contributed by atoms with van der Waals surface area (Å²) >= 11 is 0. The molecule has 0 saturated carbocycles. The Morgan fingerprint density at radius 3 is 2.76 bits per heavy atom. The SMILES string of the molecule is CCOc1cccc(CNOCC(C)C)c1O. The number of benzene rings is 1. The summed E-state index contributed by atoms with van der Waals surface area (Å²) in [4.78, 5) is 5.25.